The summed E-state index contributed by atoms with van der Waals surface area (Å²) < 4.78 is 0. The topological polar surface area (TPSA) is 311 Å². The fraction of sp³-hybridized carbons (Fsp3) is 1.00. The molecule has 0 radical (unpaired) electrons. The van der Waals surface area contributed by atoms with Gasteiger partial charge >= 0.3 is 2.85 Å². The maximum Gasteiger partial charge on any atom is 1.00 e. The summed E-state index contributed by atoms with van der Waals surface area (Å²) in [6.45, 7) is 47.6. The van der Waals surface area contributed by atoms with E-state index in [2.05, 4.69) is 0 Å². The van der Waals surface area contributed by atoms with Crippen molar-refractivity contribution in [2.45, 2.75) is 210 Å². The van der Waals surface area contributed by atoms with Crippen LogP contribution in [0.1, 0.15) is 169 Å². The normalized spacial score (nSPS) is 11.6. The van der Waals surface area contributed by atoms with Gasteiger partial charge in [0.1, 0.15) is 0 Å². The first-order valence-corrected chi connectivity index (χ1v) is 15.7. The van der Waals surface area contributed by atoms with Crippen molar-refractivity contribution < 1.29 is 44.7 Å². The molecule has 0 saturated carbocycles. The molecule has 20 heteroatoms. The Hall–Kier alpha value is -2.08. The third-order valence-corrected chi connectivity index (χ3v) is 5.08. The van der Waals surface area contributed by atoms with Crippen molar-refractivity contribution in [3.8, 4) is 0 Å². The van der Waals surface area contributed by atoms with Gasteiger partial charge in [-0.05, 0) is 166 Å². The first-order valence-electron chi connectivity index (χ1n) is 15.7. The standard InChI is InChI=1S/4C8H19NO.2H2O2.4O2/c4*1-7(2,3)9(10)8(4,5)6;6*1-2/h4*10H,1-6H3;2*1-2H;;;;/p+2. The van der Waals surface area contributed by atoms with Gasteiger partial charge in [0.15, 0.2) is 0 Å². The minimum Gasteiger partial charge on any atom is -0.313 e. The van der Waals surface area contributed by atoms with Crippen LogP contribution in [-0.2, 0) is 0 Å². The van der Waals surface area contributed by atoms with E-state index >= 15 is 0 Å². The minimum absolute atomic E-state index is 0. The molecule has 0 aromatic rings. The number of nitrogens with zero attached hydrogens (tertiary/aromatic N) is 4. The second kappa shape index (κ2) is 33.5. The van der Waals surface area contributed by atoms with Gasteiger partial charge in [-0.15, -0.1) is 0 Å². The molecule has 0 heterocycles. The van der Waals surface area contributed by atoms with Crippen LogP contribution in [0, 0.1) is 39.7 Å². The van der Waals surface area contributed by atoms with Crippen LogP contribution in [0.2, 0.25) is 0 Å². The molecule has 8 N–H and O–H groups in total. The molecule has 0 spiro atoms. The number of hydrogen-bond acceptors (Lipinski definition) is 20. The molecular weight excluding hydrogens is 696 g/mol. The molecule has 20 nitrogen and oxygen atoms in total. The highest BCUT2D eigenvalue weighted by atomic mass is 17.0. The van der Waals surface area contributed by atoms with E-state index in [1.54, 1.807) is 0 Å². The van der Waals surface area contributed by atoms with Gasteiger partial charge in [0.2, 0.25) is 0 Å². The second-order valence-electron chi connectivity index (χ2n) is 18.6. The highest BCUT2D eigenvalue weighted by Crippen LogP contribution is 2.23. The molecule has 0 atom stereocenters. The fourth-order valence-electron chi connectivity index (χ4n) is 4.02. The molecule has 0 aliphatic heterocycles. The van der Waals surface area contributed by atoms with Crippen LogP contribution in [0.4, 0.5) is 0 Å². The third kappa shape index (κ3) is 50.0. The Balaban J connectivity index is -0.0000000392. The number of hydroxylamine groups is 8. The van der Waals surface area contributed by atoms with Crippen LogP contribution in [-0.4, -0.2) is 106 Å². The molecule has 0 unspecified atom stereocenters. The summed E-state index contributed by atoms with van der Waals surface area (Å²) in [5.41, 5.74) is -1.35. The average molecular weight is 779 g/mol. The molecule has 0 rings (SSSR count). The smallest absolute Gasteiger partial charge is 0.313 e. The number of rotatable bonds is 0. The second-order valence-corrected chi connectivity index (χ2v) is 18.6. The molecule has 0 aromatic heterocycles. The van der Waals surface area contributed by atoms with Crippen molar-refractivity contribution in [2.75, 3.05) is 0 Å². The minimum atomic E-state index is -0.168. The SMILES string of the molecule is CC(C)(C)N(O)C(C)(C)C.CC(C)(C)N(O)C(C)(C)C.CC(C)(C)N(O)C(C)(C)C.CC(C)(C)N(O)C(C)(C)C.O=O.O=O.O=O.O=O.OO.OO.[H+].[H+]. The van der Waals surface area contributed by atoms with Crippen molar-refractivity contribution in [1.29, 1.82) is 0 Å². The van der Waals surface area contributed by atoms with Gasteiger partial charge in [-0.3, -0.25) is 21.0 Å². The van der Waals surface area contributed by atoms with E-state index in [1.165, 1.54) is 20.3 Å². The van der Waals surface area contributed by atoms with E-state index in [9.17, 15) is 20.8 Å². The highest BCUT2D eigenvalue weighted by molar-refractivity contribution is 4.82. The average Bonchev–Trinajstić information content (AvgIpc) is 2.99. The van der Waals surface area contributed by atoms with Crippen LogP contribution in [0.5, 0.6) is 0 Å². The summed E-state index contributed by atoms with van der Waals surface area (Å²) in [5, 5.41) is 67.7. The largest absolute Gasteiger partial charge is 1.00 e. The van der Waals surface area contributed by atoms with Gasteiger partial charge in [-0.25, -0.2) is 0 Å². The molecule has 0 bridgehead atoms. The Bertz CT molecular complexity index is 585. The summed E-state index contributed by atoms with van der Waals surface area (Å²) in [6, 6.07) is 0. The Labute approximate surface area is 315 Å². The highest BCUT2D eigenvalue weighted by Gasteiger charge is 2.32. The van der Waals surface area contributed by atoms with Crippen LogP contribution in [0.3, 0.4) is 0 Å². The lowest BCUT2D eigenvalue weighted by molar-refractivity contribution is -0.212. The van der Waals surface area contributed by atoms with Crippen LogP contribution in [0.25, 0.3) is 0 Å². The summed E-state index contributed by atoms with van der Waals surface area (Å²) in [6.07, 6.45) is 0. The zero-order valence-electron chi connectivity index (χ0n) is 38.6. The predicted octanol–water partition coefficient (Wildman–Crippen LogP) is 9.63. The molecule has 0 aliphatic rings. The predicted molar refractivity (Wildman–Crippen MR) is 212 cm³/mol. The molecule has 0 aromatic carbocycles. The monoisotopic (exact) mass is 779 g/mol. The maximum atomic E-state index is 9.56. The molecular formula is C32H82N4O16+2. The molecule has 0 saturated heterocycles. The lowest BCUT2D eigenvalue weighted by atomic mass is 10.0. The first kappa shape index (κ1) is 75.0. The summed E-state index contributed by atoms with van der Waals surface area (Å²) in [5.74, 6) is 0. The summed E-state index contributed by atoms with van der Waals surface area (Å²) in [7, 11) is 0. The van der Waals surface area contributed by atoms with Gasteiger partial charge in [-0.1, -0.05) is 0 Å². The van der Waals surface area contributed by atoms with Crippen LogP contribution < -0.4 is 0 Å². The Morgan fingerprint density at radius 1 is 0.231 bits per heavy atom. The zero-order valence-corrected chi connectivity index (χ0v) is 36.6. The number of hydrogen-bond donors (Lipinski definition) is 8. The van der Waals surface area contributed by atoms with E-state index in [1.807, 2.05) is 166 Å². The zero-order chi connectivity index (χ0) is 46.3. The molecule has 52 heavy (non-hydrogen) atoms. The molecule has 0 fully saturated rings. The molecule has 0 amide bonds. The van der Waals surface area contributed by atoms with Crippen LogP contribution >= 0.6 is 0 Å². The Kier molecular flexibility index (Phi) is 48.3. The van der Waals surface area contributed by atoms with E-state index < -0.39 is 0 Å². The first-order chi connectivity index (χ1) is 22.6. The van der Waals surface area contributed by atoms with Gasteiger partial charge < -0.3 is 20.8 Å². The van der Waals surface area contributed by atoms with Crippen molar-refractivity contribution in [1.82, 2.24) is 20.3 Å². The Morgan fingerprint density at radius 2 is 0.269 bits per heavy atom. The lowest BCUT2D eigenvalue weighted by Crippen LogP contribution is -2.50. The maximum absolute atomic E-state index is 9.56. The summed E-state index contributed by atoms with van der Waals surface area (Å²) in [4.78, 5) is 56.0. The van der Waals surface area contributed by atoms with Crippen molar-refractivity contribution in [2.24, 2.45) is 0 Å². The van der Waals surface area contributed by atoms with E-state index in [0.29, 0.717) is 0 Å². The third-order valence-electron chi connectivity index (χ3n) is 5.08. The fourth-order valence-corrected chi connectivity index (χ4v) is 4.02. The van der Waals surface area contributed by atoms with Gasteiger partial charge in [0.05, 0.1) is 0 Å². The van der Waals surface area contributed by atoms with Crippen LogP contribution in [0.15, 0.2) is 0 Å². The van der Waals surface area contributed by atoms with Crippen molar-refractivity contribution in [3.63, 3.8) is 0 Å². The lowest BCUT2D eigenvalue weighted by Gasteiger charge is -2.39. The van der Waals surface area contributed by atoms with Gasteiger partial charge in [0, 0.05) is 84.0 Å². The van der Waals surface area contributed by atoms with E-state index in [-0.39, 0.29) is 47.2 Å². The molecule has 0 aliphatic carbocycles. The van der Waals surface area contributed by atoms with E-state index in [0.717, 1.165) is 0 Å². The summed E-state index contributed by atoms with van der Waals surface area (Å²) >= 11 is 0. The van der Waals surface area contributed by atoms with E-state index in [4.69, 9.17) is 60.7 Å². The quantitative estimate of drug-likeness (QED) is 0.0837. The van der Waals surface area contributed by atoms with Crippen molar-refractivity contribution >= 4 is 0 Å². The van der Waals surface area contributed by atoms with Gasteiger partial charge in [-0.2, -0.15) is 20.3 Å². The van der Waals surface area contributed by atoms with Gasteiger partial charge in [0.25, 0.3) is 0 Å². The Morgan fingerprint density at radius 3 is 0.269 bits per heavy atom. The van der Waals surface area contributed by atoms with Crippen molar-refractivity contribution in [3.05, 3.63) is 39.7 Å². The molecule has 324 valence electrons.